The molecule has 2 N–H and O–H groups in total. The number of amides is 1. The third kappa shape index (κ3) is 4.15. The molecular weight excluding hydrogens is 212 g/mol. The van der Waals surface area contributed by atoms with Gasteiger partial charge in [-0.15, -0.1) is 0 Å². The maximum absolute atomic E-state index is 11.7. The maximum Gasteiger partial charge on any atom is 0.246 e. The maximum atomic E-state index is 11.7. The lowest BCUT2D eigenvalue weighted by atomic mass is 9.74. The number of carbonyl (C=O) groups excluding carboxylic acids is 1. The van der Waals surface area contributed by atoms with Crippen molar-refractivity contribution < 1.29 is 4.79 Å². The van der Waals surface area contributed by atoms with Gasteiger partial charge >= 0.3 is 0 Å². The van der Waals surface area contributed by atoms with Crippen LogP contribution < -0.4 is 10.6 Å². The number of hydrogen-bond acceptors (Lipinski definition) is 2. The van der Waals surface area contributed by atoms with Crippen LogP contribution in [0.2, 0.25) is 0 Å². The molecule has 3 heteroatoms. The molecule has 0 spiro atoms. The lowest BCUT2D eigenvalue weighted by Crippen LogP contribution is -2.42. The molecule has 1 saturated heterocycles. The lowest BCUT2D eigenvalue weighted by molar-refractivity contribution is -0.118. The highest BCUT2D eigenvalue weighted by molar-refractivity contribution is 5.92. The monoisotopic (exact) mass is 238 g/mol. The average Bonchev–Trinajstić information content (AvgIpc) is 2.36. The first kappa shape index (κ1) is 14.2. The second kappa shape index (κ2) is 6.20. The van der Waals surface area contributed by atoms with Crippen molar-refractivity contribution in [2.45, 2.75) is 40.5 Å². The number of rotatable bonds is 4. The first-order chi connectivity index (χ1) is 7.97. The van der Waals surface area contributed by atoms with E-state index in [4.69, 9.17) is 0 Å². The van der Waals surface area contributed by atoms with Gasteiger partial charge in [0, 0.05) is 12.1 Å². The van der Waals surface area contributed by atoms with Crippen LogP contribution in [0.5, 0.6) is 0 Å². The Kier molecular flexibility index (Phi) is 5.19. The number of hydrogen-bond donors (Lipinski definition) is 2. The molecule has 1 amide bonds. The van der Waals surface area contributed by atoms with Gasteiger partial charge in [-0.1, -0.05) is 19.9 Å². The van der Waals surface area contributed by atoms with E-state index in [2.05, 4.69) is 24.5 Å². The molecule has 0 aromatic rings. The summed E-state index contributed by atoms with van der Waals surface area (Å²) in [6, 6.07) is 0. The van der Waals surface area contributed by atoms with Crippen LogP contribution in [0.15, 0.2) is 11.6 Å². The normalized spacial score (nSPS) is 19.2. The zero-order valence-corrected chi connectivity index (χ0v) is 11.6. The summed E-state index contributed by atoms with van der Waals surface area (Å²) in [6.07, 6.45) is 4.28. The average molecular weight is 238 g/mol. The number of nitrogens with one attached hydrogen (secondary N) is 2. The Balaban J connectivity index is 2.45. The molecule has 0 unspecified atom stereocenters. The van der Waals surface area contributed by atoms with Gasteiger partial charge in [-0.05, 0) is 51.1 Å². The Morgan fingerprint density at radius 3 is 2.53 bits per heavy atom. The van der Waals surface area contributed by atoms with Crippen molar-refractivity contribution >= 4 is 5.91 Å². The number of piperidine rings is 1. The zero-order chi connectivity index (χ0) is 12.9. The Morgan fingerprint density at radius 2 is 2.00 bits per heavy atom. The number of allylic oxidation sites excluding steroid dienone is 1. The summed E-state index contributed by atoms with van der Waals surface area (Å²) in [7, 11) is 0. The topological polar surface area (TPSA) is 41.1 Å². The van der Waals surface area contributed by atoms with Gasteiger partial charge in [0.15, 0.2) is 0 Å². The highest BCUT2D eigenvalue weighted by Crippen LogP contribution is 2.32. The molecule has 0 aliphatic carbocycles. The van der Waals surface area contributed by atoms with Crippen molar-refractivity contribution in [3.8, 4) is 0 Å². The molecule has 0 aromatic heterocycles. The van der Waals surface area contributed by atoms with Crippen molar-refractivity contribution in [2.24, 2.45) is 11.3 Å². The second-order valence-corrected chi connectivity index (χ2v) is 5.67. The molecule has 0 radical (unpaired) electrons. The zero-order valence-electron chi connectivity index (χ0n) is 11.6. The predicted octanol–water partition coefficient (Wildman–Crippen LogP) is 2.09. The minimum atomic E-state index is 0.0644. The quantitative estimate of drug-likeness (QED) is 0.736. The fourth-order valence-electron chi connectivity index (χ4n) is 2.33. The minimum Gasteiger partial charge on any atom is -0.352 e. The van der Waals surface area contributed by atoms with Crippen LogP contribution in [0.1, 0.15) is 40.5 Å². The first-order valence-electron chi connectivity index (χ1n) is 6.59. The second-order valence-electron chi connectivity index (χ2n) is 5.67. The highest BCUT2D eigenvalue weighted by atomic mass is 16.1. The summed E-state index contributed by atoms with van der Waals surface area (Å²) in [4.78, 5) is 11.7. The molecule has 0 saturated carbocycles. The van der Waals surface area contributed by atoms with Gasteiger partial charge in [0.25, 0.3) is 0 Å². The van der Waals surface area contributed by atoms with Gasteiger partial charge in [0.05, 0.1) is 0 Å². The van der Waals surface area contributed by atoms with Crippen molar-refractivity contribution in [3.63, 3.8) is 0 Å². The smallest absolute Gasteiger partial charge is 0.246 e. The largest absolute Gasteiger partial charge is 0.352 e. The standard InChI is InChI=1S/C14H26N2O/c1-5-11(2)13(17)16-10-14(3,4)12-6-8-15-9-7-12/h5,12,15H,6-10H2,1-4H3,(H,16,17)/b11-5+. The van der Waals surface area contributed by atoms with E-state index < -0.39 is 0 Å². The first-order valence-corrected chi connectivity index (χ1v) is 6.59. The molecule has 0 aromatic carbocycles. The molecule has 17 heavy (non-hydrogen) atoms. The Hall–Kier alpha value is -0.830. The van der Waals surface area contributed by atoms with Crippen molar-refractivity contribution in [2.75, 3.05) is 19.6 Å². The van der Waals surface area contributed by atoms with E-state index in [0.29, 0.717) is 5.92 Å². The molecule has 3 nitrogen and oxygen atoms in total. The van der Waals surface area contributed by atoms with Crippen LogP contribution in [0.25, 0.3) is 0 Å². The van der Waals surface area contributed by atoms with Crippen molar-refractivity contribution in [1.82, 2.24) is 10.6 Å². The summed E-state index contributed by atoms with van der Waals surface area (Å²) in [6.45, 7) is 11.2. The van der Waals surface area contributed by atoms with Gasteiger partial charge in [-0.25, -0.2) is 0 Å². The van der Waals surface area contributed by atoms with Gasteiger partial charge < -0.3 is 10.6 Å². The summed E-state index contributed by atoms with van der Waals surface area (Å²) in [5.41, 5.74) is 0.984. The molecule has 1 aliphatic heterocycles. The summed E-state index contributed by atoms with van der Waals surface area (Å²) in [5.74, 6) is 0.768. The fourth-order valence-corrected chi connectivity index (χ4v) is 2.33. The van der Waals surface area contributed by atoms with E-state index >= 15 is 0 Å². The molecule has 0 bridgehead atoms. The molecular formula is C14H26N2O. The fraction of sp³-hybridized carbons (Fsp3) is 0.786. The van der Waals surface area contributed by atoms with Crippen molar-refractivity contribution in [1.29, 1.82) is 0 Å². The molecule has 98 valence electrons. The van der Waals surface area contributed by atoms with E-state index in [1.54, 1.807) is 0 Å². The van der Waals surface area contributed by atoms with Crippen LogP contribution >= 0.6 is 0 Å². The van der Waals surface area contributed by atoms with E-state index in [1.165, 1.54) is 12.8 Å². The van der Waals surface area contributed by atoms with E-state index in [-0.39, 0.29) is 11.3 Å². The van der Waals surface area contributed by atoms with Gasteiger partial charge in [0.1, 0.15) is 0 Å². The van der Waals surface area contributed by atoms with E-state index in [1.807, 2.05) is 19.9 Å². The highest BCUT2D eigenvalue weighted by Gasteiger charge is 2.30. The molecule has 1 heterocycles. The molecule has 1 rings (SSSR count). The van der Waals surface area contributed by atoms with Gasteiger partial charge in [-0.3, -0.25) is 4.79 Å². The van der Waals surface area contributed by atoms with E-state index in [0.717, 1.165) is 25.2 Å². The van der Waals surface area contributed by atoms with Crippen LogP contribution in [0.4, 0.5) is 0 Å². The Morgan fingerprint density at radius 1 is 1.41 bits per heavy atom. The number of carbonyl (C=O) groups is 1. The predicted molar refractivity (Wildman–Crippen MR) is 71.8 cm³/mol. The van der Waals surface area contributed by atoms with Crippen LogP contribution in [0, 0.1) is 11.3 Å². The molecule has 0 atom stereocenters. The molecule has 1 fully saturated rings. The van der Waals surface area contributed by atoms with Gasteiger partial charge in [-0.2, -0.15) is 0 Å². The summed E-state index contributed by atoms with van der Waals surface area (Å²) >= 11 is 0. The van der Waals surface area contributed by atoms with Crippen LogP contribution in [0.3, 0.4) is 0 Å². The van der Waals surface area contributed by atoms with Crippen LogP contribution in [-0.2, 0) is 4.79 Å². The summed E-state index contributed by atoms with van der Waals surface area (Å²) < 4.78 is 0. The molecule has 1 aliphatic rings. The van der Waals surface area contributed by atoms with Crippen molar-refractivity contribution in [3.05, 3.63) is 11.6 Å². The lowest BCUT2D eigenvalue weighted by Gasteiger charge is -2.37. The third-order valence-electron chi connectivity index (χ3n) is 3.94. The van der Waals surface area contributed by atoms with Crippen LogP contribution in [-0.4, -0.2) is 25.5 Å². The van der Waals surface area contributed by atoms with Gasteiger partial charge in [0.2, 0.25) is 5.91 Å². The Labute approximate surface area is 105 Å². The SMILES string of the molecule is C/C=C(\C)C(=O)NCC(C)(C)C1CCNCC1. The third-order valence-corrected chi connectivity index (χ3v) is 3.94. The van der Waals surface area contributed by atoms with E-state index in [9.17, 15) is 4.79 Å². The minimum absolute atomic E-state index is 0.0644. The Bertz CT molecular complexity index is 289. The summed E-state index contributed by atoms with van der Waals surface area (Å²) in [5, 5.41) is 6.43.